The number of rotatable bonds is 8. The van der Waals surface area contributed by atoms with Crippen molar-refractivity contribution in [3.63, 3.8) is 0 Å². The molecule has 2 N–H and O–H groups in total. The third-order valence-electron chi connectivity index (χ3n) is 3.92. The number of aryl methyl sites for hydroxylation is 1. The van der Waals surface area contributed by atoms with Crippen molar-refractivity contribution in [2.24, 2.45) is 4.99 Å². The van der Waals surface area contributed by atoms with E-state index in [2.05, 4.69) is 39.4 Å². The van der Waals surface area contributed by atoms with Crippen LogP contribution in [-0.2, 0) is 13.1 Å². The maximum atomic E-state index is 12.5. The molecule has 0 aliphatic carbocycles. The first kappa shape index (κ1) is 23.9. The molecule has 0 saturated carbocycles. The standard InChI is InChI=1S/C20H25F2N3O2.HI/c1-4-26-18-11-15(9-10-17(18)27-19(21)22)12-24-20(23-3)25-13-16-8-6-5-7-14(16)2;/h5-11,19H,4,12-13H2,1-3H3,(H2,23,24,25);1H. The van der Waals surface area contributed by atoms with E-state index in [1.807, 2.05) is 12.1 Å². The number of aliphatic imine (C=N–C) groups is 1. The average molecular weight is 505 g/mol. The molecule has 0 atom stereocenters. The molecular formula is C20H26F2IN3O2. The van der Waals surface area contributed by atoms with Crippen molar-refractivity contribution < 1.29 is 18.3 Å². The molecule has 0 fully saturated rings. The van der Waals surface area contributed by atoms with Crippen LogP contribution < -0.4 is 20.1 Å². The van der Waals surface area contributed by atoms with Gasteiger partial charge in [0, 0.05) is 20.1 Å². The summed E-state index contributed by atoms with van der Waals surface area (Å²) in [4.78, 5) is 4.20. The van der Waals surface area contributed by atoms with Crippen LogP contribution in [0.1, 0.15) is 23.6 Å². The maximum Gasteiger partial charge on any atom is 0.387 e. The highest BCUT2D eigenvalue weighted by molar-refractivity contribution is 14.0. The molecule has 28 heavy (non-hydrogen) atoms. The molecule has 5 nitrogen and oxygen atoms in total. The van der Waals surface area contributed by atoms with E-state index in [0.29, 0.717) is 31.4 Å². The third-order valence-corrected chi connectivity index (χ3v) is 3.92. The second-order valence-corrected chi connectivity index (χ2v) is 5.80. The highest BCUT2D eigenvalue weighted by Crippen LogP contribution is 2.29. The van der Waals surface area contributed by atoms with Crippen molar-refractivity contribution in [3.05, 3.63) is 59.2 Å². The summed E-state index contributed by atoms with van der Waals surface area (Å²) in [5.74, 6) is 0.960. The van der Waals surface area contributed by atoms with Gasteiger partial charge in [-0.3, -0.25) is 4.99 Å². The molecule has 8 heteroatoms. The molecule has 0 spiro atoms. The van der Waals surface area contributed by atoms with E-state index in [9.17, 15) is 8.78 Å². The van der Waals surface area contributed by atoms with Gasteiger partial charge in [0.15, 0.2) is 17.5 Å². The number of nitrogens with zero attached hydrogens (tertiary/aromatic N) is 1. The predicted octanol–water partition coefficient (Wildman–Crippen LogP) is 4.48. The Balaban J connectivity index is 0.00000392. The Morgan fingerprint density at radius 3 is 2.43 bits per heavy atom. The van der Waals surface area contributed by atoms with Gasteiger partial charge in [0.2, 0.25) is 0 Å². The number of nitrogens with one attached hydrogen (secondary N) is 2. The lowest BCUT2D eigenvalue weighted by Crippen LogP contribution is -2.36. The van der Waals surface area contributed by atoms with E-state index in [-0.39, 0.29) is 29.7 Å². The molecular weight excluding hydrogens is 479 g/mol. The van der Waals surface area contributed by atoms with Gasteiger partial charge in [-0.15, -0.1) is 24.0 Å². The monoisotopic (exact) mass is 505 g/mol. The molecule has 0 bridgehead atoms. The smallest absolute Gasteiger partial charge is 0.387 e. The Hall–Kier alpha value is -2.10. The first-order chi connectivity index (χ1) is 13.0. The van der Waals surface area contributed by atoms with Crippen LogP contribution in [0.2, 0.25) is 0 Å². The first-order valence-electron chi connectivity index (χ1n) is 8.73. The normalized spacial score (nSPS) is 11.0. The molecule has 0 heterocycles. The van der Waals surface area contributed by atoms with E-state index in [1.165, 1.54) is 17.2 Å². The van der Waals surface area contributed by atoms with Gasteiger partial charge < -0.3 is 20.1 Å². The van der Waals surface area contributed by atoms with E-state index >= 15 is 0 Å². The van der Waals surface area contributed by atoms with Crippen LogP contribution in [0.5, 0.6) is 11.5 Å². The van der Waals surface area contributed by atoms with Gasteiger partial charge >= 0.3 is 6.61 Å². The predicted molar refractivity (Wildman–Crippen MR) is 118 cm³/mol. The molecule has 2 rings (SSSR count). The van der Waals surface area contributed by atoms with Crippen LogP contribution >= 0.6 is 24.0 Å². The average Bonchev–Trinajstić information content (AvgIpc) is 2.65. The first-order valence-corrected chi connectivity index (χ1v) is 8.73. The lowest BCUT2D eigenvalue weighted by Gasteiger charge is -2.15. The Labute approximate surface area is 181 Å². The minimum Gasteiger partial charge on any atom is -0.490 e. The van der Waals surface area contributed by atoms with Crippen molar-refractivity contribution in [1.29, 1.82) is 0 Å². The number of hydrogen-bond donors (Lipinski definition) is 2. The molecule has 0 radical (unpaired) electrons. The van der Waals surface area contributed by atoms with Crippen LogP contribution in [0.25, 0.3) is 0 Å². The molecule has 154 valence electrons. The molecule has 0 saturated heterocycles. The molecule has 0 aliphatic rings. The van der Waals surface area contributed by atoms with Crippen molar-refractivity contribution >= 4 is 29.9 Å². The SMILES string of the molecule is CCOc1cc(CNC(=NC)NCc2ccccc2C)ccc1OC(F)F.I. The number of hydrogen-bond acceptors (Lipinski definition) is 3. The van der Waals surface area contributed by atoms with E-state index in [1.54, 1.807) is 26.1 Å². The second kappa shape index (κ2) is 12.4. The van der Waals surface area contributed by atoms with Crippen LogP contribution in [0.4, 0.5) is 8.78 Å². The summed E-state index contributed by atoms with van der Waals surface area (Å²) in [6, 6.07) is 13.0. The highest BCUT2D eigenvalue weighted by Gasteiger charge is 2.12. The summed E-state index contributed by atoms with van der Waals surface area (Å²) < 4.78 is 34.8. The fourth-order valence-corrected chi connectivity index (χ4v) is 2.52. The van der Waals surface area contributed by atoms with Gasteiger partial charge in [-0.25, -0.2) is 0 Å². The largest absolute Gasteiger partial charge is 0.490 e. The lowest BCUT2D eigenvalue weighted by atomic mass is 10.1. The maximum absolute atomic E-state index is 12.5. The summed E-state index contributed by atoms with van der Waals surface area (Å²) in [6.07, 6.45) is 0. The van der Waals surface area contributed by atoms with Gasteiger partial charge in [0.1, 0.15) is 0 Å². The second-order valence-electron chi connectivity index (χ2n) is 5.80. The van der Waals surface area contributed by atoms with Gasteiger partial charge in [0.05, 0.1) is 6.61 Å². The van der Waals surface area contributed by atoms with Crippen molar-refractivity contribution in [3.8, 4) is 11.5 Å². The van der Waals surface area contributed by atoms with Gasteiger partial charge in [-0.05, 0) is 42.7 Å². The third kappa shape index (κ3) is 7.49. The zero-order valence-electron chi connectivity index (χ0n) is 16.2. The van der Waals surface area contributed by atoms with Crippen LogP contribution in [0.15, 0.2) is 47.5 Å². The molecule has 0 amide bonds. The van der Waals surface area contributed by atoms with E-state index < -0.39 is 6.61 Å². The Morgan fingerprint density at radius 1 is 1.07 bits per heavy atom. The van der Waals surface area contributed by atoms with Crippen molar-refractivity contribution in [2.45, 2.75) is 33.5 Å². The van der Waals surface area contributed by atoms with Crippen LogP contribution in [-0.4, -0.2) is 26.2 Å². The minimum absolute atomic E-state index is 0. The zero-order chi connectivity index (χ0) is 19.6. The number of halogens is 3. The number of ether oxygens (including phenoxy) is 2. The number of guanidine groups is 1. The molecule has 2 aromatic rings. The van der Waals surface area contributed by atoms with E-state index in [4.69, 9.17) is 4.74 Å². The van der Waals surface area contributed by atoms with Gasteiger partial charge in [0.25, 0.3) is 0 Å². The van der Waals surface area contributed by atoms with Crippen molar-refractivity contribution in [2.75, 3.05) is 13.7 Å². The van der Waals surface area contributed by atoms with Gasteiger partial charge in [-0.1, -0.05) is 30.3 Å². The molecule has 0 aliphatic heterocycles. The fourth-order valence-electron chi connectivity index (χ4n) is 2.52. The Kier molecular flexibility index (Phi) is 10.6. The van der Waals surface area contributed by atoms with Crippen molar-refractivity contribution in [1.82, 2.24) is 10.6 Å². The summed E-state index contributed by atoms with van der Waals surface area (Å²) in [5.41, 5.74) is 3.25. The minimum atomic E-state index is -2.89. The summed E-state index contributed by atoms with van der Waals surface area (Å²) >= 11 is 0. The zero-order valence-corrected chi connectivity index (χ0v) is 18.5. The molecule has 2 aromatic carbocycles. The topological polar surface area (TPSA) is 54.9 Å². The Bertz CT molecular complexity index is 773. The molecule has 0 aromatic heterocycles. The van der Waals surface area contributed by atoms with Gasteiger partial charge in [-0.2, -0.15) is 8.78 Å². The summed E-state index contributed by atoms with van der Waals surface area (Å²) in [5, 5.41) is 6.46. The summed E-state index contributed by atoms with van der Waals surface area (Å²) in [7, 11) is 1.69. The quantitative estimate of drug-likeness (QED) is 0.316. The molecule has 0 unspecified atom stereocenters. The Morgan fingerprint density at radius 2 is 1.79 bits per heavy atom. The highest BCUT2D eigenvalue weighted by atomic mass is 127. The summed E-state index contributed by atoms with van der Waals surface area (Å²) in [6.45, 7) is 2.42. The number of benzene rings is 2. The lowest BCUT2D eigenvalue weighted by molar-refractivity contribution is -0.0514. The van der Waals surface area contributed by atoms with E-state index in [0.717, 1.165) is 5.56 Å². The van der Waals surface area contributed by atoms with Crippen LogP contribution in [0.3, 0.4) is 0 Å². The number of alkyl halides is 2. The fraction of sp³-hybridized carbons (Fsp3) is 0.350. The van der Waals surface area contributed by atoms with Crippen LogP contribution in [0, 0.1) is 6.92 Å².